The van der Waals surface area contributed by atoms with E-state index in [2.05, 4.69) is 10.3 Å². The van der Waals surface area contributed by atoms with Gasteiger partial charge in [0.25, 0.3) is 0 Å². The van der Waals surface area contributed by atoms with Gasteiger partial charge in [0.05, 0.1) is 18.8 Å². The number of aromatic nitrogens is 1. The Balaban J connectivity index is 2.06. The summed E-state index contributed by atoms with van der Waals surface area (Å²) in [4.78, 5) is 30.1. The van der Waals surface area contributed by atoms with Crippen LogP contribution in [0.3, 0.4) is 0 Å². The van der Waals surface area contributed by atoms with Crippen LogP contribution in [0.2, 0.25) is 0 Å². The van der Waals surface area contributed by atoms with Gasteiger partial charge in [0.2, 0.25) is 0 Å². The number of hydrogen-bond donors (Lipinski definition) is 1. The summed E-state index contributed by atoms with van der Waals surface area (Å²) < 4.78 is 10.7. The minimum absolute atomic E-state index is 0.223. The first-order valence-corrected chi connectivity index (χ1v) is 10.6. The van der Waals surface area contributed by atoms with Gasteiger partial charge in [-0.05, 0) is 33.3 Å². The van der Waals surface area contributed by atoms with E-state index in [4.69, 9.17) is 9.47 Å². The van der Waals surface area contributed by atoms with Gasteiger partial charge in [0.1, 0.15) is 10.4 Å². The first-order chi connectivity index (χ1) is 13.9. The lowest BCUT2D eigenvalue weighted by molar-refractivity contribution is -0.152. The summed E-state index contributed by atoms with van der Waals surface area (Å²) in [7, 11) is 0. The lowest BCUT2D eigenvalue weighted by Gasteiger charge is -2.42. The first-order valence-electron chi connectivity index (χ1n) is 9.75. The van der Waals surface area contributed by atoms with E-state index in [0.717, 1.165) is 21.8 Å². The highest BCUT2D eigenvalue weighted by atomic mass is 32.1. The molecule has 154 valence electrons. The SMILES string of the molecule is CCOC(=O)C1=C(C)NC(C)C(C(=O)OCC)(c2ccc(-c3nccs3)cc2)C1. The van der Waals surface area contributed by atoms with Gasteiger partial charge in [0, 0.05) is 35.3 Å². The van der Waals surface area contributed by atoms with Crippen LogP contribution >= 0.6 is 11.3 Å². The molecule has 2 heterocycles. The molecule has 1 aromatic carbocycles. The van der Waals surface area contributed by atoms with E-state index in [1.54, 1.807) is 31.4 Å². The van der Waals surface area contributed by atoms with Crippen LogP contribution in [0, 0.1) is 0 Å². The van der Waals surface area contributed by atoms with E-state index in [0.29, 0.717) is 5.57 Å². The van der Waals surface area contributed by atoms with Crippen LogP contribution in [0.4, 0.5) is 0 Å². The van der Waals surface area contributed by atoms with Gasteiger partial charge in [-0.3, -0.25) is 4.79 Å². The standard InChI is InChI=1S/C22H26N2O4S/c1-5-27-20(25)18-13-22(21(26)28-6-2,15(4)24-14(18)3)17-9-7-16(8-10-17)19-23-11-12-29-19/h7-12,15,24H,5-6,13H2,1-4H3. The van der Waals surface area contributed by atoms with E-state index in [-0.39, 0.29) is 31.6 Å². The lowest BCUT2D eigenvalue weighted by Crippen LogP contribution is -2.56. The Morgan fingerprint density at radius 3 is 2.48 bits per heavy atom. The van der Waals surface area contributed by atoms with E-state index >= 15 is 0 Å². The molecule has 0 radical (unpaired) electrons. The molecule has 0 aliphatic carbocycles. The number of thiazole rings is 1. The van der Waals surface area contributed by atoms with E-state index in [1.807, 2.05) is 43.5 Å². The number of nitrogens with zero attached hydrogens (tertiary/aromatic N) is 1. The number of nitrogens with one attached hydrogen (secondary N) is 1. The molecule has 1 aliphatic rings. The number of hydrogen-bond acceptors (Lipinski definition) is 7. The fraction of sp³-hybridized carbons (Fsp3) is 0.409. The number of carbonyl (C=O) groups is 2. The average Bonchev–Trinajstić information content (AvgIpc) is 3.24. The monoisotopic (exact) mass is 414 g/mol. The smallest absolute Gasteiger partial charge is 0.335 e. The Labute approximate surface area is 174 Å². The Morgan fingerprint density at radius 1 is 1.21 bits per heavy atom. The van der Waals surface area contributed by atoms with Gasteiger partial charge in [0.15, 0.2) is 0 Å². The van der Waals surface area contributed by atoms with Crippen LogP contribution in [0.25, 0.3) is 10.6 Å². The van der Waals surface area contributed by atoms with E-state index < -0.39 is 11.4 Å². The molecular weight excluding hydrogens is 388 g/mol. The maximum Gasteiger partial charge on any atom is 0.335 e. The van der Waals surface area contributed by atoms with Crippen molar-refractivity contribution in [3.8, 4) is 10.6 Å². The van der Waals surface area contributed by atoms with Gasteiger partial charge in [-0.2, -0.15) is 0 Å². The fourth-order valence-corrected chi connectivity index (χ4v) is 4.44. The molecule has 2 aromatic rings. The zero-order chi connectivity index (χ0) is 21.0. The molecular formula is C22H26N2O4S. The third-order valence-corrected chi connectivity index (χ3v) is 6.14. The number of allylic oxidation sites excluding steroid dienone is 1. The molecule has 0 bridgehead atoms. The zero-order valence-electron chi connectivity index (χ0n) is 17.2. The first kappa shape index (κ1) is 21.0. The highest BCUT2D eigenvalue weighted by Crippen LogP contribution is 2.41. The van der Waals surface area contributed by atoms with Crippen LogP contribution in [0.5, 0.6) is 0 Å². The quantitative estimate of drug-likeness (QED) is 0.724. The van der Waals surface area contributed by atoms with Gasteiger partial charge < -0.3 is 14.8 Å². The highest BCUT2D eigenvalue weighted by molar-refractivity contribution is 7.13. The third-order valence-electron chi connectivity index (χ3n) is 5.32. The number of ether oxygens (including phenoxy) is 2. The number of carbonyl (C=O) groups excluding carboxylic acids is 2. The van der Waals surface area contributed by atoms with Gasteiger partial charge in [-0.15, -0.1) is 11.3 Å². The van der Waals surface area contributed by atoms with Crippen molar-refractivity contribution in [3.63, 3.8) is 0 Å². The normalized spacial score (nSPS) is 21.4. The van der Waals surface area contributed by atoms with E-state index in [1.165, 1.54) is 0 Å². The molecule has 6 nitrogen and oxygen atoms in total. The molecule has 2 unspecified atom stereocenters. The number of esters is 2. The van der Waals surface area contributed by atoms with Crippen molar-refractivity contribution in [1.29, 1.82) is 0 Å². The predicted molar refractivity (Wildman–Crippen MR) is 112 cm³/mol. The summed E-state index contributed by atoms with van der Waals surface area (Å²) in [6.45, 7) is 7.87. The Hall–Kier alpha value is -2.67. The lowest BCUT2D eigenvalue weighted by atomic mass is 9.68. The third kappa shape index (κ3) is 3.92. The van der Waals surface area contributed by atoms with Crippen molar-refractivity contribution in [2.45, 2.75) is 45.6 Å². The van der Waals surface area contributed by atoms with E-state index in [9.17, 15) is 9.59 Å². The van der Waals surface area contributed by atoms with Crippen LogP contribution in [0.15, 0.2) is 47.1 Å². The molecule has 0 fully saturated rings. The predicted octanol–water partition coefficient (Wildman–Crippen LogP) is 3.83. The van der Waals surface area contributed by atoms with Crippen LogP contribution in [-0.2, 0) is 24.5 Å². The second kappa shape index (κ2) is 8.78. The number of rotatable bonds is 6. The van der Waals surface area contributed by atoms with Gasteiger partial charge >= 0.3 is 11.9 Å². The molecule has 2 atom stereocenters. The Kier molecular flexibility index (Phi) is 6.37. The average molecular weight is 415 g/mol. The Morgan fingerprint density at radius 2 is 1.90 bits per heavy atom. The van der Waals surface area contributed by atoms with Crippen molar-refractivity contribution in [1.82, 2.24) is 10.3 Å². The molecule has 1 aliphatic heterocycles. The molecule has 0 amide bonds. The van der Waals surface area contributed by atoms with Gasteiger partial charge in [-0.1, -0.05) is 24.3 Å². The summed E-state index contributed by atoms with van der Waals surface area (Å²) in [5.41, 5.74) is 1.96. The fourth-order valence-electron chi connectivity index (χ4n) is 3.80. The van der Waals surface area contributed by atoms with Crippen molar-refractivity contribution >= 4 is 23.3 Å². The topological polar surface area (TPSA) is 77.5 Å². The molecule has 0 spiro atoms. The maximum absolute atomic E-state index is 13.2. The number of benzene rings is 1. The highest BCUT2D eigenvalue weighted by Gasteiger charge is 2.51. The maximum atomic E-state index is 13.2. The molecule has 7 heteroatoms. The summed E-state index contributed by atoms with van der Waals surface area (Å²) in [5.74, 6) is -0.756. The van der Waals surface area contributed by atoms with Crippen LogP contribution in [-0.4, -0.2) is 36.2 Å². The molecule has 0 saturated heterocycles. The summed E-state index contributed by atoms with van der Waals surface area (Å²) >= 11 is 1.56. The zero-order valence-corrected chi connectivity index (χ0v) is 18.0. The van der Waals surface area contributed by atoms with Crippen molar-refractivity contribution in [2.24, 2.45) is 0 Å². The van der Waals surface area contributed by atoms with Gasteiger partial charge in [-0.25, -0.2) is 9.78 Å². The minimum Gasteiger partial charge on any atom is -0.465 e. The summed E-state index contributed by atoms with van der Waals surface area (Å²) in [5, 5.41) is 6.15. The molecule has 3 rings (SSSR count). The second-order valence-electron chi connectivity index (χ2n) is 6.97. The van der Waals surface area contributed by atoms with Crippen molar-refractivity contribution < 1.29 is 19.1 Å². The van der Waals surface area contributed by atoms with Crippen molar-refractivity contribution in [3.05, 3.63) is 52.7 Å². The summed E-state index contributed by atoms with van der Waals surface area (Å²) in [6, 6.07) is 7.50. The molecule has 1 aromatic heterocycles. The Bertz CT molecular complexity index is 905. The second-order valence-corrected chi connectivity index (χ2v) is 7.87. The molecule has 0 saturated carbocycles. The van der Waals surface area contributed by atoms with Crippen LogP contribution in [0.1, 0.15) is 39.7 Å². The molecule has 1 N–H and O–H groups in total. The van der Waals surface area contributed by atoms with Crippen molar-refractivity contribution in [2.75, 3.05) is 13.2 Å². The molecule has 29 heavy (non-hydrogen) atoms. The van der Waals surface area contributed by atoms with Crippen LogP contribution < -0.4 is 5.32 Å². The summed E-state index contributed by atoms with van der Waals surface area (Å²) in [6.07, 6.45) is 1.99. The minimum atomic E-state index is -1.03. The largest absolute Gasteiger partial charge is 0.465 e.